The molecule has 0 bridgehead atoms. The summed E-state index contributed by atoms with van der Waals surface area (Å²) >= 11 is 18.5. The predicted octanol–water partition coefficient (Wildman–Crippen LogP) is 5.64. The second-order valence-electron chi connectivity index (χ2n) is 4.28. The van der Waals surface area contributed by atoms with E-state index >= 15 is 0 Å². The van der Waals surface area contributed by atoms with E-state index in [1.54, 1.807) is 19.2 Å². The molecule has 0 N–H and O–H groups in total. The fourth-order valence-corrected chi connectivity index (χ4v) is 2.51. The standard InChI is InChI=1S/C15H13Cl3O/c1-9-3-6-14(19-2)11(7-9)15(18)10-4-5-12(16)13(17)8-10/h3-8,15H,1-2H3. The number of hydrogen-bond donors (Lipinski definition) is 0. The lowest BCUT2D eigenvalue weighted by molar-refractivity contribution is 0.410. The van der Waals surface area contributed by atoms with E-state index in [0.29, 0.717) is 10.0 Å². The number of rotatable bonds is 3. The molecule has 1 unspecified atom stereocenters. The number of aryl methyl sites for hydroxylation is 1. The van der Waals surface area contributed by atoms with Gasteiger partial charge in [-0.3, -0.25) is 0 Å². The van der Waals surface area contributed by atoms with Crippen molar-refractivity contribution < 1.29 is 4.74 Å². The maximum absolute atomic E-state index is 6.53. The Hall–Kier alpha value is -0.890. The van der Waals surface area contributed by atoms with Gasteiger partial charge in [-0.1, -0.05) is 47.0 Å². The van der Waals surface area contributed by atoms with Crippen molar-refractivity contribution >= 4 is 34.8 Å². The van der Waals surface area contributed by atoms with Crippen molar-refractivity contribution in [2.75, 3.05) is 7.11 Å². The molecule has 2 aromatic carbocycles. The Morgan fingerprint density at radius 1 is 1.00 bits per heavy atom. The van der Waals surface area contributed by atoms with E-state index in [9.17, 15) is 0 Å². The quantitative estimate of drug-likeness (QED) is 0.666. The highest BCUT2D eigenvalue weighted by Crippen LogP contribution is 2.37. The van der Waals surface area contributed by atoms with Crippen LogP contribution in [-0.4, -0.2) is 7.11 Å². The van der Waals surface area contributed by atoms with E-state index in [2.05, 4.69) is 0 Å². The van der Waals surface area contributed by atoms with Crippen LogP contribution in [0.4, 0.5) is 0 Å². The number of hydrogen-bond acceptors (Lipinski definition) is 1. The largest absolute Gasteiger partial charge is 0.496 e. The van der Waals surface area contributed by atoms with Crippen LogP contribution in [0.3, 0.4) is 0 Å². The van der Waals surface area contributed by atoms with Gasteiger partial charge in [0.1, 0.15) is 5.75 Å². The molecule has 0 saturated carbocycles. The summed E-state index contributed by atoms with van der Waals surface area (Å²) in [6.45, 7) is 2.02. The van der Waals surface area contributed by atoms with Crippen molar-refractivity contribution in [3.8, 4) is 5.75 Å². The number of ether oxygens (including phenoxy) is 1. The van der Waals surface area contributed by atoms with Gasteiger partial charge in [0.05, 0.1) is 22.5 Å². The number of alkyl halides is 1. The highest BCUT2D eigenvalue weighted by atomic mass is 35.5. The first-order chi connectivity index (χ1) is 9.02. The minimum absolute atomic E-state index is 0.329. The van der Waals surface area contributed by atoms with Crippen LogP contribution in [0.15, 0.2) is 36.4 Å². The molecule has 19 heavy (non-hydrogen) atoms. The van der Waals surface area contributed by atoms with Crippen LogP contribution in [0.2, 0.25) is 10.0 Å². The van der Waals surface area contributed by atoms with Gasteiger partial charge in [0.2, 0.25) is 0 Å². The maximum atomic E-state index is 6.53. The Balaban J connectivity index is 2.45. The van der Waals surface area contributed by atoms with Crippen molar-refractivity contribution in [1.82, 2.24) is 0 Å². The second-order valence-corrected chi connectivity index (χ2v) is 5.53. The highest BCUT2D eigenvalue weighted by molar-refractivity contribution is 6.42. The molecule has 0 spiro atoms. The van der Waals surface area contributed by atoms with Gasteiger partial charge in [0.15, 0.2) is 0 Å². The van der Waals surface area contributed by atoms with Crippen LogP contribution in [-0.2, 0) is 0 Å². The van der Waals surface area contributed by atoms with E-state index in [-0.39, 0.29) is 5.38 Å². The third kappa shape index (κ3) is 3.17. The van der Waals surface area contributed by atoms with Crippen LogP contribution >= 0.6 is 34.8 Å². The second kappa shape index (κ2) is 6.04. The van der Waals surface area contributed by atoms with Gasteiger partial charge in [0.25, 0.3) is 0 Å². The lowest BCUT2D eigenvalue weighted by Gasteiger charge is -2.15. The monoisotopic (exact) mass is 314 g/mol. The minimum Gasteiger partial charge on any atom is -0.496 e. The van der Waals surface area contributed by atoms with Crippen molar-refractivity contribution in [3.05, 3.63) is 63.1 Å². The summed E-state index contributed by atoms with van der Waals surface area (Å²) in [4.78, 5) is 0. The topological polar surface area (TPSA) is 9.23 Å². The van der Waals surface area contributed by atoms with Gasteiger partial charge in [-0.25, -0.2) is 0 Å². The number of halogens is 3. The normalized spacial score (nSPS) is 12.3. The molecule has 1 nitrogen and oxygen atoms in total. The molecule has 1 atom stereocenters. The predicted molar refractivity (Wildman–Crippen MR) is 81.9 cm³/mol. The Morgan fingerprint density at radius 3 is 2.37 bits per heavy atom. The molecular weight excluding hydrogens is 303 g/mol. The molecule has 0 amide bonds. The molecule has 0 saturated heterocycles. The zero-order valence-corrected chi connectivity index (χ0v) is 12.9. The SMILES string of the molecule is COc1ccc(C)cc1C(Cl)c1ccc(Cl)c(Cl)c1. The van der Waals surface area contributed by atoms with Crippen LogP contribution < -0.4 is 4.74 Å². The van der Waals surface area contributed by atoms with Crippen LogP contribution in [0.5, 0.6) is 5.75 Å². The lowest BCUT2D eigenvalue weighted by atomic mass is 10.0. The Kier molecular flexibility index (Phi) is 4.62. The van der Waals surface area contributed by atoms with Gasteiger partial charge in [-0.05, 0) is 30.7 Å². The van der Waals surface area contributed by atoms with Gasteiger partial charge in [-0.15, -0.1) is 11.6 Å². The van der Waals surface area contributed by atoms with Crippen molar-refractivity contribution in [2.45, 2.75) is 12.3 Å². The molecular formula is C15H13Cl3O. The summed E-state index contributed by atoms with van der Waals surface area (Å²) in [7, 11) is 1.63. The third-order valence-electron chi connectivity index (χ3n) is 2.89. The molecule has 0 heterocycles. The Bertz CT molecular complexity index is 596. The average molecular weight is 316 g/mol. The lowest BCUT2D eigenvalue weighted by Crippen LogP contribution is -1.98. The maximum Gasteiger partial charge on any atom is 0.123 e. The zero-order chi connectivity index (χ0) is 14.0. The van der Waals surface area contributed by atoms with E-state index in [0.717, 1.165) is 22.4 Å². The smallest absolute Gasteiger partial charge is 0.123 e. The molecule has 0 aromatic heterocycles. The number of benzene rings is 2. The average Bonchev–Trinajstić information content (AvgIpc) is 2.41. The molecule has 0 fully saturated rings. The Labute approximate surface area is 128 Å². The zero-order valence-electron chi connectivity index (χ0n) is 10.6. The van der Waals surface area contributed by atoms with E-state index in [4.69, 9.17) is 39.5 Å². The summed E-state index contributed by atoms with van der Waals surface area (Å²) in [5, 5.41) is 0.687. The van der Waals surface area contributed by atoms with Gasteiger partial charge < -0.3 is 4.74 Å². The van der Waals surface area contributed by atoms with E-state index in [1.807, 2.05) is 31.2 Å². The molecule has 0 radical (unpaired) electrons. The Morgan fingerprint density at radius 2 is 1.74 bits per heavy atom. The molecule has 0 aliphatic carbocycles. The van der Waals surface area contributed by atoms with Gasteiger partial charge in [0, 0.05) is 5.56 Å². The van der Waals surface area contributed by atoms with E-state index < -0.39 is 0 Å². The summed E-state index contributed by atoms with van der Waals surface area (Å²) < 4.78 is 5.35. The fraction of sp³-hybridized carbons (Fsp3) is 0.200. The molecule has 2 rings (SSSR count). The molecule has 0 aliphatic rings. The first-order valence-electron chi connectivity index (χ1n) is 5.76. The van der Waals surface area contributed by atoms with Crippen LogP contribution in [0, 0.1) is 6.92 Å². The fourth-order valence-electron chi connectivity index (χ4n) is 1.90. The number of methoxy groups -OCH3 is 1. The summed E-state index contributed by atoms with van der Waals surface area (Å²) in [6.07, 6.45) is 0. The molecule has 4 heteroatoms. The summed E-state index contributed by atoms with van der Waals surface area (Å²) in [5.41, 5.74) is 2.93. The minimum atomic E-state index is -0.329. The van der Waals surface area contributed by atoms with Crippen molar-refractivity contribution in [3.63, 3.8) is 0 Å². The van der Waals surface area contributed by atoms with Crippen LogP contribution in [0.25, 0.3) is 0 Å². The van der Waals surface area contributed by atoms with E-state index in [1.165, 1.54) is 0 Å². The summed E-state index contributed by atoms with van der Waals surface area (Å²) in [5.74, 6) is 0.761. The molecule has 100 valence electrons. The van der Waals surface area contributed by atoms with Crippen LogP contribution in [0.1, 0.15) is 22.1 Å². The van der Waals surface area contributed by atoms with Crippen molar-refractivity contribution in [1.29, 1.82) is 0 Å². The van der Waals surface area contributed by atoms with Gasteiger partial charge >= 0.3 is 0 Å². The summed E-state index contributed by atoms with van der Waals surface area (Å²) in [6, 6.07) is 11.3. The first-order valence-corrected chi connectivity index (χ1v) is 6.95. The first kappa shape index (κ1) is 14.5. The molecule has 0 aliphatic heterocycles. The van der Waals surface area contributed by atoms with Crippen molar-refractivity contribution in [2.24, 2.45) is 0 Å². The third-order valence-corrected chi connectivity index (χ3v) is 4.12. The molecule has 2 aromatic rings. The van der Waals surface area contributed by atoms with Gasteiger partial charge in [-0.2, -0.15) is 0 Å². The highest BCUT2D eigenvalue weighted by Gasteiger charge is 2.16.